The Morgan fingerprint density at radius 1 is 1.18 bits per heavy atom. The van der Waals surface area contributed by atoms with Gasteiger partial charge in [-0.05, 0) is 23.8 Å². The van der Waals surface area contributed by atoms with E-state index in [2.05, 4.69) is 4.98 Å². The molecule has 3 rings (SSSR count). The Bertz CT molecular complexity index is 778. The lowest BCUT2D eigenvalue weighted by Gasteiger charge is -2.25. The first-order chi connectivity index (χ1) is 10.6. The number of fused-ring (bicyclic) bond motifs is 1. The summed E-state index contributed by atoms with van der Waals surface area (Å²) in [5.74, 6) is 0.334. The van der Waals surface area contributed by atoms with Crippen LogP contribution in [0.15, 0.2) is 52.9 Å². The highest BCUT2D eigenvalue weighted by molar-refractivity contribution is 8.01. The van der Waals surface area contributed by atoms with E-state index in [0.717, 1.165) is 14.6 Å². The number of rotatable bonds is 5. The van der Waals surface area contributed by atoms with Crippen molar-refractivity contribution in [3.8, 4) is 0 Å². The van der Waals surface area contributed by atoms with Crippen LogP contribution in [0.2, 0.25) is 5.02 Å². The molecule has 0 aliphatic rings. The van der Waals surface area contributed by atoms with E-state index < -0.39 is 5.60 Å². The fraction of sp³-hybridized carbons (Fsp3) is 0.188. The van der Waals surface area contributed by atoms with E-state index in [1.54, 1.807) is 11.3 Å². The highest BCUT2D eigenvalue weighted by atomic mass is 35.5. The van der Waals surface area contributed by atoms with Crippen LogP contribution in [0.4, 0.5) is 0 Å². The van der Waals surface area contributed by atoms with Crippen molar-refractivity contribution >= 4 is 44.9 Å². The van der Waals surface area contributed by atoms with Gasteiger partial charge in [0.15, 0.2) is 4.34 Å². The second-order valence-electron chi connectivity index (χ2n) is 4.94. The Balaban J connectivity index is 1.79. The van der Waals surface area contributed by atoms with E-state index in [0.29, 0.717) is 16.3 Å². The standard InChI is InChI=1S/C16H14ClNO2S2/c17-12-6-7-14-13(8-12)18-15(22-14)21-10-16(20,9-19)11-4-2-1-3-5-11/h1-8,19-20H,9-10H2/t16-/m1/s1. The maximum atomic E-state index is 10.7. The second-order valence-corrected chi connectivity index (χ2v) is 7.63. The van der Waals surface area contributed by atoms with E-state index in [1.807, 2.05) is 48.5 Å². The van der Waals surface area contributed by atoms with Gasteiger partial charge in [-0.15, -0.1) is 11.3 Å². The molecule has 0 unspecified atom stereocenters. The van der Waals surface area contributed by atoms with Crippen LogP contribution in [0, 0.1) is 0 Å². The molecule has 0 bridgehead atoms. The lowest BCUT2D eigenvalue weighted by molar-refractivity contribution is 0.00215. The molecule has 3 aromatic rings. The smallest absolute Gasteiger partial charge is 0.151 e. The van der Waals surface area contributed by atoms with Crippen LogP contribution in [-0.4, -0.2) is 27.6 Å². The predicted molar refractivity (Wildman–Crippen MR) is 92.8 cm³/mol. The predicted octanol–water partition coefficient (Wildman–Crippen LogP) is 3.92. The summed E-state index contributed by atoms with van der Waals surface area (Å²) in [5, 5.41) is 20.9. The van der Waals surface area contributed by atoms with Crippen molar-refractivity contribution in [2.45, 2.75) is 9.94 Å². The molecule has 0 saturated carbocycles. The van der Waals surface area contributed by atoms with E-state index in [1.165, 1.54) is 11.8 Å². The van der Waals surface area contributed by atoms with Gasteiger partial charge in [0.1, 0.15) is 5.60 Å². The van der Waals surface area contributed by atoms with E-state index in [4.69, 9.17) is 11.6 Å². The molecule has 0 saturated heterocycles. The Labute approximate surface area is 141 Å². The highest BCUT2D eigenvalue weighted by Gasteiger charge is 2.29. The number of aliphatic hydroxyl groups excluding tert-OH is 1. The first-order valence-electron chi connectivity index (χ1n) is 6.68. The quantitative estimate of drug-likeness (QED) is 0.684. The largest absolute Gasteiger partial charge is 0.393 e. The fourth-order valence-electron chi connectivity index (χ4n) is 2.09. The van der Waals surface area contributed by atoms with Crippen molar-refractivity contribution in [1.29, 1.82) is 0 Å². The van der Waals surface area contributed by atoms with Gasteiger partial charge >= 0.3 is 0 Å². The van der Waals surface area contributed by atoms with Crippen LogP contribution in [0.25, 0.3) is 10.2 Å². The topological polar surface area (TPSA) is 53.4 Å². The molecule has 1 atom stereocenters. The Morgan fingerprint density at radius 3 is 2.68 bits per heavy atom. The fourth-order valence-corrected chi connectivity index (χ4v) is 4.40. The van der Waals surface area contributed by atoms with E-state index in [-0.39, 0.29) is 6.61 Å². The number of hydrogen-bond donors (Lipinski definition) is 2. The molecule has 22 heavy (non-hydrogen) atoms. The maximum absolute atomic E-state index is 10.7. The van der Waals surface area contributed by atoms with Crippen molar-refractivity contribution in [3.63, 3.8) is 0 Å². The van der Waals surface area contributed by atoms with Crippen LogP contribution < -0.4 is 0 Å². The molecule has 1 aromatic heterocycles. The molecule has 0 aliphatic heterocycles. The molecule has 2 N–H and O–H groups in total. The number of aliphatic hydroxyl groups is 2. The number of benzene rings is 2. The summed E-state index contributed by atoms with van der Waals surface area (Å²) < 4.78 is 1.90. The van der Waals surface area contributed by atoms with Crippen molar-refractivity contribution in [1.82, 2.24) is 4.98 Å². The Hall–Kier alpha value is -1.11. The minimum atomic E-state index is -1.28. The van der Waals surface area contributed by atoms with E-state index in [9.17, 15) is 10.2 Å². The molecule has 114 valence electrons. The van der Waals surface area contributed by atoms with Crippen molar-refractivity contribution in [3.05, 3.63) is 59.1 Å². The molecule has 0 radical (unpaired) electrons. The van der Waals surface area contributed by atoms with Gasteiger partial charge in [-0.25, -0.2) is 4.98 Å². The highest BCUT2D eigenvalue weighted by Crippen LogP contribution is 2.34. The minimum Gasteiger partial charge on any atom is -0.393 e. The zero-order valence-electron chi connectivity index (χ0n) is 11.6. The third-order valence-electron chi connectivity index (χ3n) is 3.34. The van der Waals surface area contributed by atoms with Gasteiger partial charge in [0.25, 0.3) is 0 Å². The first-order valence-corrected chi connectivity index (χ1v) is 8.86. The van der Waals surface area contributed by atoms with Gasteiger partial charge in [0, 0.05) is 10.8 Å². The number of thiazole rings is 1. The number of hydrogen-bond acceptors (Lipinski definition) is 5. The third kappa shape index (κ3) is 3.29. The molecular weight excluding hydrogens is 338 g/mol. The minimum absolute atomic E-state index is 0.333. The van der Waals surface area contributed by atoms with Gasteiger partial charge < -0.3 is 10.2 Å². The monoisotopic (exact) mass is 351 g/mol. The van der Waals surface area contributed by atoms with Crippen LogP contribution in [-0.2, 0) is 5.60 Å². The summed E-state index contributed by atoms with van der Waals surface area (Å²) >= 11 is 8.95. The first kappa shape index (κ1) is 15.8. The van der Waals surface area contributed by atoms with Crippen LogP contribution in [0.3, 0.4) is 0 Å². The molecule has 6 heteroatoms. The number of halogens is 1. The summed E-state index contributed by atoms with van der Waals surface area (Å²) in [4.78, 5) is 4.51. The zero-order chi connectivity index (χ0) is 15.6. The normalized spacial score (nSPS) is 14.1. The lowest BCUT2D eigenvalue weighted by Crippen LogP contribution is -2.33. The molecule has 0 aliphatic carbocycles. The van der Waals surface area contributed by atoms with Gasteiger partial charge in [0.2, 0.25) is 0 Å². The number of nitrogens with zero attached hydrogens (tertiary/aromatic N) is 1. The van der Waals surface area contributed by atoms with Gasteiger partial charge in [-0.1, -0.05) is 53.7 Å². The number of aromatic nitrogens is 1. The third-order valence-corrected chi connectivity index (χ3v) is 5.97. The molecule has 0 spiro atoms. The summed E-state index contributed by atoms with van der Waals surface area (Å²) in [6.07, 6.45) is 0. The molecule has 0 fully saturated rings. The molecule has 2 aromatic carbocycles. The van der Waals surface area contributed by atoms with E-state index >= 15 is 0 Å². The summed E-state index contributed by atoms with van der Waals surface area (Å²) in [5.41, 5.74) is 0.280. The Kier molecular flexibility index (Phi) is 4.70. The van der Waals surface area contributed by atoms with Crippen molar-refractivity contribution in [2.75, 3.05) is 12.4 Å². The van der Waals surface area contributed by atoms with Gasteiger partial charge in [0.05, 0.1) is 16.8 Å². The summed E-state index contributed by atoms with van der Waals surface area (Å²) in [7, 11) is 0. The summed E-state index contributed by atoms with van der Waals surface area (Å²) in [6.45, 7) is -0.333. The molecule has 1 heterocycles. The van der Waals surface area contributed by atoms with Crippen molar-refractivity contribution in [2.24, 2.45) is 0 Å². The van der Waals surface area contributed by atoms with Crippen LogP contribution in [0.5, 0.6) is 0 Å². The average Bonchev–Trinajstić information content (AvgIpc) is 2.95. The van der Waals surface area contributed by atoms with Crippen molar-refractivity contribution < 1.29 is 10.2 Å². The number of thioether (sulfide) groups is 1. The Morgan fingerprint density at radius 2 is 1.95 bits per heavy atom. The lowest BCUT2D eigenvalue weighted by atomic mass is 9.97. The zero-order valence-corrected chi connectivity index (χ0v) is 14.0. The molecular formula is C16H14ClNO2S2. The van der Waals surface area contributed by atoms with Crippen LogP contribution >= 0.6 is 34.7 Å². The maximum Gasteiger partial charge on any atom is 0.151 e. The molecule has 0 amide bonds. The average molecular weight is 352 g/mol. The second kappa shape index (κ2) is 6.56. The van der Waals surface area contributed by atoms with Gasteiger partial charge in [-0.3, -0.25) is 0 Å². The van der Waals surface area contributed by atoms with Crippen LogP contribution in [0.1, 0.15) is 5.56 Å². The summed E-state index contributed by atoms with van der Waals surface area (Å²) in [6, 6.07) is 14.8. The molecule has 3 nitrogen and oxygen atoms in total. The van der Waals surface area contributed by atoms with Gasteiger partial charge in [-0.2, -0.15) is 0 Å². The SMILES string of the molecule is OC[C@@](O)(CSc1nc2cc(Cl)ccc2s1)c1ccccc1.